The zero-order chi connectivity index (χ0) is 15.0. The van der Waals surface area contributed by atoms with Crippen molar-refractivity contribution >= 4 is 16.8 Å². The molecule has 2 N–H and O–H groups in total. The summed E-state index contributed by atoms with van der Waals surface area (Å²) >= 11 is 0. The normalized spacial score (nSPS) is 18.3. The minimum atomic E-state index is -0.0691. The van der Waals surface area contributed by atoms with Gasteiger partial charge in [-0.15, -0.1) is 0 Å². The number of H-pyrrole nitrogens is 1. The summed E-state index contributed by atoms with van der Waals surface area (Å²) in [6.45, 7) is 6.23. The molecule has 0 spiro atoms. The van der Waals surface area contributed by atoms with Crippen molar-refractivity contribution in [1.82, 2.24) is 10.3 Å². The Labute approximate surface area is 124 Å². The Morgan fingerprint density at radius 1 is 1.29 bits per heavy atom. The Bertz CT molecular complexity index is 765. The van der Waals surface area contributed by atoms with E-state index >= 15 is 0 Å². The highest BCUT2D eigenvalue weighted by Crippen LogP contribution is 2.23. The largest absolute Gasteiger partial charge is 0.351 e. The molecule has 1 unspecified atom stereocenters. The third-order valence-corrected chi connectivity index (χ3v) is 4.04. The van der Waals surface area contributed by atoms with E-state index in [0.29, 0.717) is 11.6 Å². The van der Waals surface area contributed by atoms with Crippen molar-refractivity contribution in [3.8, 4) is 0 Å². The molecule has 1 aliphatic carbocycles. The first-order valence-corrected chi connectivity index (χ1v) is 7.32. The summed E-state index contributed by atoms with van der Waals surface area (Å²) in [6, 6.07) is 8.05. The number of fused-ring (bicyclic) bond motifs is 1. The number of allylic oxidation sites excluding steroid dienone is 4. The second-order valence-corrected chi connectivity index (χ2v) is 5.86. The summed E-state index contributed by atoms with van der Waals surface area (Å²) in [7, 11) is 0. The molecule has 3 rings (SSSR count). The van der Waals surface area contributed by atoms with E-state index in [1.807, 2.05) is 25.1 Å². The fourth-order valence-electron chi connectivity index (χ4n) is 2.83. The van der Waals surface area contributed by atoms with Crippen LogP contribution in [0.25, 0.3) is 10.9 Å². The number of amides is 1. The summed E-state index contributed by atoms with van der Waals surface area (Å²) in [6.07, 6.45) is 5.20. The third kappa shape index (κ3) is 2.64. The number of aromatic amines is 1. The van der Waals surface area contributed by atoms with E-state index in [-0.39, 0.29) is 5.91 Å². The lowest BCUT2D eigenvalue weighted by Crippen LogP contribution is -2.28. The van der Waals surface area contributed by atoms with Crippen LogP contribution in [0.3, 0.4) is 0 Å². The van der Waals surface area contributed by atoms with Gasteiger partial charge in [-0.3, -0.25) is 4.79 Å². The lowest BCUT2D eigenvalue weighted by molar-refractivity contribution is 0.0957. The summed E-state index contributed by atoms with van der Waals surface area (Å²) in [5.74, 6) is 0.283. The van der Waals surface area contributed by atoms with Crippen LogP contribution in [-0.2, 0) is 0 Å². The van der Waals surface area contributed by atoms with E-state index in [2.05, 4.69) is 42.4 Å². The van der Waals surface area contributed by atoms with Crippen molar-refractivity contribution in [2.24, 2.45) is 5.92 Å². The molecule has 0 aliphatic heterocycles. The Balaban J connectivity index is 1.89. The summed E-state index contributed by atoms with van der Waals surface area (Å²) in [5.41, 5.74) is 4.95. The second kappa shape index (κ2) is 5.24. The first kappa shape index (κ1) is 13.7. The van der Waals surface area contributed by atoms with Gasteiger partial charge in [-0.2, -0.15) is 0 Å². The molecule has 1 aliphatic rings. The minimum absolute atomic E-state index is 0.0691. The molecule has 1 atom stereocenters. The molecule has 0 fully saturated rings. The minimum Gasteiger partial charge on any atom is -0.351 e. The average Bonchev–Trinajstić information content (AvgIpc) is 2.86. The number of aromatic nitrogens is 1. The van der Waals surface area contributed by atoms with Gasteiger partial charge in [-0.25, -0.2) is 0 Å². The van der Waals surface area contributed by atoms with Crippen LogP contribution in [0.15, 0.2) is 47.7 Å². The number of hydrogen-bond acceptors (Lipinski definition) is 1. The number of carbonyl (C=O) groups excluding carboxylic acids is 1. The molecule has 3 nitrogen and oxygen atoms in total. The van der Waals surface area contributed by atoms with E-state index in [9.17, 15) is 4.79 Å². The van der Waals surface area contributed by atoms with Gasteiger partial charge >= 0.3 is 0 Å². The van der Waals surface area contributed by atoms with Crippen molar-refractivity contribution in [2.45, 2.75) is 27.2 Å². The molecule has 0 radical (unpaired) electrons. The number of aryl methyl sites for hydroxylation is 1. The lowest BCUT2D eigenvalue weighted by Gasteiger charge is -2.21. The maximum atomic E-state index is 12.5. The molecule has 1 heterocycles. The Morgan fingerprint density at radius 3 is 2.86 bits per heavy atom. The molecule has 1 aromatic heterocycles. The van der Waals surface area contributed by atoms with Crippen LogP contribution in [-0.4, -0.2) is 10.9 Å². The van der Waals surface area contributed by atoms with Gasteiger partial charge in [0, 0.05) is 16.6 Å². The van der Waals surface area contributed by atoms with Crippen LogP contribution in [0.4, 0.5) is 0 Å². The summed E-state index contributed by atoms with van der Waals surface area (Å²) in [5, 5.41) is 4.14. The number of rotatable bonds is 2. The predicted molar refractivity (Wildman–Crippen MR) is 86.1 cm³/mol. The van der Waals surface area contributed by atoms with Crippen molar-refractivity contribution in [3.05, 3.63) is 58.9 Å². The quantitative estimate of drug-likeness (QED) is 0.855. The van der Waals surface area contributed by atoms with Crippen molar-refractivity contribution in [3.63, 3.8) is 0 Å². The first-order chi connectivity index (χ1) is 10.0. The Kier molecular flexibility index (Phi) is 3.42. The highest BCUT2D eigenvalue weighted by atomic mass is 16.1. The van der Waals surface area contributed by atoms with E-state index in [1.54, 1.807) is 0 Å². The lowest BCUT2D eigenvalue weighted by atomic mass is 9.94. The van der Waals surface area contributed by atoms with E-state index in [4.69, 9.17) is 0 Å². The third-order valence-electron chi connectivity index (χ3n) is 4.04. The maximum absolute atomic E-state index is 12.5. The standard InChI is InChI=1S/C18H20N2O/c1-11-7-8-15-14(9-11)10-16(19-15)18(21)20-17-12(2)5-4-6-13(17)3/h4-5,7-10,13,19H,6H2,1-3H3,(H,20,21). The van der Waals surface area contributed by atoms with Crippen molar-refractivity contribution in [2.75, 3.05) is 0 Å². The van der Waals surface area contributed by atoms with Crippen molar-refractivity contribution in [1.29, 1.82) is 0 Å². The molecule has 3 heteroatoms. The molecular weight excluding hydrogens is 260 g/mol. The van der Waals surface area contributed by atoms with Gasteiger partial charge in [-0.1, -0.05) is 30.7 Å². The van der Waals surface area contributed by atoms with Crippen LogP contribution in [0.1, 0.15) is 36.3 Å². The summed E-state index contributed by atoms with van der Waals surface area (Å²) < 4.78 is 0. The molecular formula is C18H20N2O. The zero-order valence-electron chi connectivity index (χ0n) is 12.7. The molecule has 108 valence electrons. The van der Waals surface area contributed by atoms with Gasteiger partial charge in [0.2, 0.25) is 0 Å². The fraction of sp³-hybridized carbons (Fsp3) is 0.278. The molecule has 1 amide bonds. The van der Waals surface area contributed by atoms with E-state index < -0.39 is 0 Å². The Hall–Kier alpha value is -2.29. The molecule has 1 aromatic carbocycles. The SMILES string of the molecule is CC1=C(NC(=O)c2cc3cc(C)ccc3[nH]2)C(C)CC=C1. The number of benzene rings is 1. The average molecular weight is 280 g/mol. The van der Waals surface area contributed by atoms with Crippen molar-refractivity contribution < 1.29 is 4.79 Å². The summed E-state index contributed by atoms with van der Waals surface area (Å²) in [4.78, 5) is 15.6. The molecule has 2 aromatic rings. The Morgan fingerprint density at radius 2 is 2.10 bits per heavy atom. The molecule has 0 saturated heterocycles. The maximum Gasteiger partial charge on any atom is 0.271 e. The second-order valence-electron chi connectivity index (χ2n) is 5.86. The molecule has 0 bridgehead atoms. The highest BCUT2D eigenvalue weighted by molar-refractivity contribution is 5.99. The molecule has 0 saturated carbocycles. The van der Waals surface area contributed by atoms with Crippen LogP contribution >= 0.6 is 0 Å². The van der Waals surface area contributed by atoms with Crippen LogP contribution in [0, 0.1) is 12.8 Å². The van der Waals surface area contributed by atoms with Crippen LogP contribution < -0.4 is 5.32 Å². The van der Waals surface area contributed by atoms with Gasteiger partial charge in [0.1, 0.15) is 5.69 Å². The van der Waals surface area contributed by atoms with E-state index in [0.717, 1.165) is 28.6 Å². The van der Waals surface area contributed by atoms with Gasteiger partial charge in [0.05, 0.1) is 0 Å². The van der Waals surface area contributed by atoms with Gasteiger partial charge in [-0.05, 0) is 50.0 Å². The monoisotopic (exact) mass is 280 g/mol. The zero-order valence-corrected chi connectivity index (χ0v) is 12.7. The number of carbonyl (C=O) groups is 1. The predicted octanol–water partition coefficient (Wildman–Crippen LogP) is 4.08. The number of nitrogens with one attached hydrogen (secondary N) is 2. The highest BCUT2D eigenvalue weighted by Gasteiger charge is 2.18. The van der Waals surface area contributed by atoms with Gasteiger partial charge in [0.15, 0.2) is 0 Å². The smallest absolute Gasteiger partial charge is 0.271 e. The topological polar surface area (TPSA) is 44.9 Å². The van der Waals surface area contributed by atoms with Crippen LogP contribution in [0.5, 0.6) is 0 Å². The van der Waals surface area contributed by atoms with Gasteiger partial charge in [0.25, 0.3) is 5.91 Å². The number of hydrogen-bond donors (Lipinski definition) is 2. The van der Waals surface area contributed by atoms with Crippen LogP contribution in [0.2, 0.25) is 0 Å². The molecule has 21 heavy (non-hydrogen) atoms. The van der Waals surface area contributed by atoms with Gasteiger partial charge < -0.3 is 10.3 Å². The fourth-order valence-corrected chi connectivity index (χ4v) is 2.83. The first-order valence-electron chi connectivity index (χ1n) is 7.32. The van der Waals surface area contributed by atoms with E-state index in [1.165, 1.54) is 5.56 Å².